The lowest BCUT2D eigenvalue weighted by Gasteiger charge is -2.29. The number of nitro benzene ring substituents is 1. The molecule has 1 aromatic heterocycles. The molecular weight excluding hydrogens is 530 g/mol. The van der Waals surface area contributed by atoms with Gasteiger partial charge < -0.3 is 19.8 Å². The highest BCUT2D eigenvalue weighted by Gasteiger charge is 2.70. The van der Waals surface area contributed by atoms with Crippen LogP contribution in [0.3, 0.4) is 0 Å². The zero-order chi connectivity index (χ0) is 28.0. The third kappa shape index (κ3) is 3.10. The molecule has 4 aliphatic rings. The first-order valence-corrected chi connectivity index (χ1v) is 13.1. The predicted molar refractivity (Wildman–Crippen MR) is 144 cm³/mol. The van der Waals surface area contributed by atoms with Crippen molar-refractivity contribution >= 4 is 45.7 Å². The van der Waals surface area contributed by atoms with Gasteiger partial charge in [0, 0.05) is 52.6 Å². The molecule has 3 N–H and O–H groups in total. The van der Waals surface area contributed by atoms with Gasteiger partial charge in [0.05, 0.1) is 22.4 Å². The quantitative estimate of drug-likeness (QED) is 0.199. The van der Waals surface area contributed by atoms with Gasteiger partial charge in [-0.1, -0.05) is 18.2 Å². The number of fused-ring (bicyclic) bond motifs is 6. The van der Waals surface area contributed by atoms with Gasteiger partial charge in [0.2, 0.25) is 24.5 Å². The largest absolute Gasteiger partial charge is 0.454 e. The van der Waals surface area contributed by atoms with Crippen LogP contribution in [0.25, 0.3) is 10.9 Å². The zero-order valence-electron chi connectivity index (χ0n) is 21.2. The topological polar surface area (TPSA) is 156 Å². The van der Waals surface area contributed by atoms with Crippen LogP contribution in [0.1, 0.15) is 11.1 Å². The van der Waals surface area contributed by atoms with Crippen molar-refractivity contribution < 1.29 is 28.8 Å². The molecule has 5 heterocycles. The van der Waals surface area contributed by atoms with Crippen LogP contribution < -0.4 is 25.0 Å². The molecule has 204 valence electrons. The molecule has 3 amide bonds. The van der Waals surface area contributed by atoms with Gasteiger partial charge in [-0.3, -0.25) is 29.8 Å². The summed E-state index contributed by atoms with van der Waals surface area (Å²) in [4.78, 5) is 57.7. The number of imide groups is 1. The summed E-state index contributed by atoms with van der Waals surface area (Å²) in [6.07, 6.45) is 2.19. The number of non-ortho nitro benzene ring substituents is 1. The Morgan fingerprint density at radius 1 is 1.00 bits per heavy atom. The molecule has 0 unspecified atom stereocenters. The van der Waals surface area contributed by atoms with E-state index in [0.717, 1.165) is 21.4 Å². The Balaban J connectivity index is 1.28. The molecule has 3 aromatic carbocycles. The van der Waals surface area contributed by atoms with Crippen molar-refractivity contribution in [2.45, 2.75) is 18.0 Å². The second kappa shape index (κ2) is 8.15. The van der Waals surface area contributed by atoms with E-state index in [4.69, 9.17) is 9.47 Å². The van der Waals surface area contributed by atoms with E-state index in [-0.39, 0.29) is 18.0 Å². The van der Waals surface area contributed by atoms with E-state index in [1.54, 1.807) is 18.2 Å². The number of aromatic amines is 1. The van der Waals surface area contributed by atoms with Gasteiger partial charge >= 0.3 is 0 Å². The average molecular weight is 552 g/mol. The maximum Gasteiger partial charge on any atom is 0.269 e. The van der Waals surface area contributed by atoms with Gasteiger partial charge in [0.15, 0.2) is 11.5 Å². The van der Waals surface area contributed by atoms with Crippen molar-refractivity contribution in [2.75, 3.05) is 17.0 Å². The minimum atomic E-state index is -1.68. The van der Waals surface area contributed by atoms with Crippen LogP contribution in [0.2, 0.25) is 0 Å². The summed E-state index contributed by atoms with van der Waals surface area (Å²) in [6, 6.07) is 16.0. The maximum atomic E-state index is 14.3. The normalized spacial score (nSPS) is 25.7. The Kier molecular flexibility index (Phi) is 4.70. The molecule has 0 bridgehead atoms. The lowest BCUT2D eigenvalue weighted by Crippen LogP contribution is -2.53. The highest BCUT2D eigenvalue weighted by atomic mass is 16.7. The number of nitro groups is 1. The van der Waals surface area contributed by atoms with Crippen molar-refractivity contribution in [2.24, 2.45) is 11.8 Å². The number of H-pyrrole nitrogens is 1. The smallest absolute Gasteiger partial charge is 0.269 e. The molecule has 41 heavy (non-hydrogen) atoms. The minimum absolute atomic E-state index is 0.0292. The molecule has 12 heteroatoms. The monoisotopic (exact) mass is 551 g/mol. The summed E-state index contributed by atoms with van der Waals surface area (Å²) in [5, 5.41) is 18.8. The van der Waals surface area contributed by atoms with E-state index in [1.165, 1.54) is 18.2 Å². The summed E-state index contributed by atoms with van der Waals surface area (Å²) in [6.45, 7) is 0.0292. The first-order chi connectivity index (χ1) is 19.9. The van der Waals surface area contributed by atoms with E-state index >= 15 is 0 Å². The Morgan fingerprint density at radius 3 is 2.68 bits per heavy atom. The highest BCUT2D eigenvalue weighted by Crippen LogP contribution is 2.55. The van der Waals surface area contributed by atoms with Gasteiger partial charge in [-0.15, -0.1) is 0 Å². The lowest BCUT2D eigenvalue weighted by molar-refractivity contribution is -0.384. The number of nitrogens with zero attached hydrogens (tertiary/aromatic N) is 2. The maximum absolute atomic E-state index is 14.3. The van der Waals surface area contributed by atoms with E-state index in [0.29, 0.717) is 29.3 Å². The number of carbonyl (C=O) groups excluding carboxylic acids is 3. The first kappa shape index (κ1) is 23.6. The molecule has 4 aliphatic heterocycles. The molecule has 2 saturated heterocycles. The number of rotatable bonds is 4. The number of hydrogen-bond donors (Lipinski definition) is 3. The van der Waals surface area contributed by atoms with Gasteiger partial charge in [-0.25, -0.2) is 4.90 Å². The SMILES string of the molecule is O=C1[C@H]2[C@@H](C(=O)N1c1ccc3c(c1)OCO3)[C@]1(N[C@@H]2Cc2c[nH]c3ccccc23)C(=O)Nc2ccc([N+](=O)[O-])cc21. The summed E-state index contributed by atoms with van der Waals surface area (Å²) < 4.78 is 10.9. The number of nitrogens with one attached hydrogen (secondary N) is 3. The summed E-state index contributed by atoms with van der Waals surface area (Å²) in [5.41, 5.74) is 0.874. The standard InChI is InChI=1S/C29H21N5O7/c35-26-24-21(9-14-12-30-19-4-2-1-3-17(14)19)32-29(18-10-16(34(38)39)5-7-20(18)31-28(29)37)25(24)27(36)33(26)15-6-8-22-23(11-15)41-13-40-22/h1-8,10-12,21,24-25,30,32H,9,13H2,(H,31,37)/t21-,24-,25+,29+/m1/s1. The number of carbonyl (C=O) groups is 3. The third-order valence-electron chi connectivity index (χ3n) is 8.64. The number of anilines is 2. The Hall–Kier alpha value is -5.23. The Bertz CT molecular complexity index is 1850. The van der Waals surface area contributed by atoms with Crippen LogP contribution in [0.5, 0.6) is 11.5 Å². The number of benzene rings is 3. The minimum Gasteiger partial charge on any atom is -0.454 e. The zero-order valence-corrected chi connectivity index (χ0v) is 21.2. The Labute approximate surface area is 231 Å². The second-order valence-electron chi connectivity index (χ2n) is 10.6. The van der Waals surface area contributed by atoms with Gasteiger partial charge in [0.1, 0.15) is 5.54 Å². The van der Waals surface area contributed by atoms with E-state index in [9.17, 15) is 24.5 Å². The number of para-hydroxylation sites is 1. The fourth-order valence-electron chi connectivity index (χ4n) is 6.89. The predicted octanol–water partition coefficient (Wildman–Crippen LogP) is 2.97. The fraction of sp³-hybridized carbons (Fsp3) is 0.207. The molecule has 12 nitrogen and oxygen atoms in total. The second-order valence-corrected chi connectivity index (χ2v) is 10.6. The molecule has 4 aromatic rings. The van der Waals surface area contributed by atoms with Crippen molar-refractivity contribution in [3.8, 4) is 11.5 Å². The van der Waals surface area contributed by atoms with Crippen molar-refractivity contribution in [3.05, 3.63) is 88.1 Å². The molecule has 2 fully saturated rings. The van der Waals surface area contributed by atoms with E-state index in [2.05, 4.69) is 15.6 Å². The van der Waals surface area contributed by atoms with E-state index < -0.39 is 46.1 Å². The molecule has 4 atom stereocenters. The summed E-state index contributed by atoms with van der Waals surface area (Å²) >= 11 is 0. The molecule has 8 rings (SSSR count). The van der Waals surface area contributed by atoms with Crippen molar-refractivity contribution in [1.29, 1.82) is 0 Å². The van der Waals surface area contributed by atoms with E-state index in [1.807, 2.05) is 30.5 Å². The molecule has 0 radical (unpaired) electrons. The summed E-state index contributed by atoms with van der Waals surface area (Å²) in [7, 11) is 0. The number of amides is 3. The van der Waals surface area contributed by atoms with Crippen LogP contribution in [0.15, 0.2) is 66.9 Å². The number of ether oxygens (including phenoxy) is 2. The van der Waals surface area contributed by atoms with Gasteiger partial charge in [-0.05, 0) is 36.2 Å². The van der Waals surface area contributed by atoms with Crippen LogP contribution in [-0.2, 0) is 26.3 Å². The van der Waals surface area contributed by atoms with Crippen LogP contribution in [0, 0.1) is 22.0 Å². The van der Waals surface area contributed by atoms with Crippen molar-refractivity contribution in [1.82, 2.24) is 10.3 Å². The molecule has 0 aliphatic carbocycles. The number of hydrogen-bond acceptors (Lipinski definition) is 8. The highest BCUT2D eigenvalue weighted by molar-refractivity contribution is 6.26. The Morgan fingerprint density at radius 2 is 1.83 bits per heavy atom. The third-order valence-corrected chi connectivity index (χ3v) is 8.64. The van der Waals surface area contributed by atoms with Crippen LogP contribution in [0.4, 0.5) is 17.1 Å². The number of aromatic nitrogens is 1. The molecular formula is C29H21N5O7. The lowest BCUT2D eigenvalue weighted by atomic mass is 9.76. The van der Waals surface area contributed by atoms with Crippen LogP contribution >= 0.6 is 0 Å². The summed E-state index contributed by atoms with van der Waals surface area (Å²) in [5.74, 6) is -2.71. The van der Waals surface area contributed by atoms with Crippen molar-refractivity contribution in [3.63, 3.8) is 0 Å². The molecule has 0 saturated carbocycles. The fourth-order valence-corrected chi connectivity index (χ4v) is 6.89. The van der Waals surface area contributed by atoms with Gasteiger partial charge in [-0.2, -0.15) is 0 Å². The van der Waals surface area contributed by atoms with Gasteiger partial charge in [0.25, 0.3) is 5.69 Å². The average Bonchev–Trinajstić information content (AvgIpc) is 3.76. The van der Waals surface area contributed by atoms with Crippen LogP contribution in [-0.4, -0.2) is 40.5 Å². The first-order valence-electron chi connectivity index (χ1n) is 13.1. The molecule has 1 spiro atoms.